The number of pyridine rings is 1. The lowest BCUT2D eigenvalue weighted by Gasteiger charge is -2.05. The van der Waals surface area contributed by atoms with E-state index < -0.39 is 5.97 Å². The summed E-state index contributed by atoms with van der Waals surface area (Å²) in [5.41, 5.74) is 2.01. The molecule has 2 aromatic rings. The molecule has 0 atom stereocenters. The van der Waals surface area contributed by atoms with Gasteiger partial charge in [-0.3, -0.25) is 4.79 Å². The molecule has 0 fully saturated rings. The summed E-state index contributed by atoms with van der Waals surface area (Å²) in [6.45, 7) is 0.216. The first-order valence-electron chi connectivity index (χ1n) is 6.22. The average molecular weight is 268 g/mol. The second-order valence-corrected chi connectivity index (χ2v) is 4.52. The molecule has 1 amide bonds. The predicted molar refractivity (Wildman–Crippen MR) is 72.1 cm³/mol. The Bertz CT molecular complexity index is 668. The Kier molecular flexibility index (Phi) is 3.16. The Morgan fingerprint density at radius 2 is 2.10 bits per heavy atom. The van der Waals surface area contributed by atoms with Crippen LogP contribution in [0.2, 0.25) is 0 Å². The van der Waals surface area contributed by atoms with Crippen molar-refractivity contribution in [3.8, 4) is 0 Å². The quantitative estimate of drug-likeness (QED) is 0.864. The van der Waals surface area contributed by atoms with Crippen LogP contribution in [0.1, 0.15) is 21.5 Å². The topological polar surface area (TPSA) is 68.3 Å². The summed E-state index contributed by atoms with van der Waals surface area (Å²) in [6, 6.07) is 11.1. The normalized spacial score (nSPS) is 12.7. The molecule has 0 saturated carbocycles. The van der Waals surface area contributed by atoms with Gasteiger partial charge in [-0.2, -0.15) is 0 Å². The van der Waals surface area contributed by atoms with E-state index in [4.69, 9.17) is 4.74 Å². The number of rotatable bonds is 3. The molecular formula is C15H12N2O3. The maximum atomic E-state index is 11.9. The summed E-state index contributed by atoms with van der Waals surface area (Å²) in [5.74, 6) is -0.0274. The molecule has 1 aliphatic heterocycles. The van der Waals surface area contributed by atoms with Gasteiger partial charge in [0.15, 0.2) is 0 Å². The Morgan fingerprint density at radius 1 is 1.30 bits per heavy atom. The van der Waals surface area contributed by atoms with E-state index in [2.05, 4.69) is 10.3 Å². The Hall–Kier alpha value is -2.69. The van der Waals surface area contributed by atoms with Gasteiger partial charge in [0.05, 0.1) is 12.0 Å². The van der Waals surface area contributed by atoms with Crippen LogP contribution in [0.5, 0.6) is 0 Å². The summed E-state index contributed by atoms with van der Waals surface area (Å²) in [5, 5.41) is 2.62. The minimum absolute atomic E-state index is 0.109. The van der Waals surface area contributed by atoms with Crippen molar-refractivity contribution in [1.29, 1.82) is 0 Å². The molecule has 1 aromatic carbocycles. The molecule has 100 valence electrons. The van der Waals surface area contributed by atoms with E-state index in [1.54, 1.807) is 6.07 Å². The summed E-state index contributed by atoms with van der Waals surface area (Å²) in [6.07, 6.45) is 1.67. The number of carbonyl (C=O) groups excluding carboxylic acids is 2. The molecule has 3 rings (SSSR count). The Labute approximate surface area is 115 Å². The molecule has 0 radical (unpaired) electrons. The third-order valence-corrected chi connectivity index (χ3v) is 3.02. The SMILES string of the molecule is O=C1Cc2cc(C(=O)OCc3ccccc3)cnc2N1. The van der Waals surface area contributed by atoms with Crippen LogP contribution >= 0.6 is 0 Å². The zero-order valence-corrected chi connectivity index (χ0v) is 10.6. The van der Waals surface area contributed by atoms with Gasteiger partial charge in [0, 0.05) is 11.8 Å². The fraction of sp³-hybridized carbons (Fsp3) is 0.133. The van der Waals surface area contributed by atoms with Gasteiger partial charge in [0.2, 0.25) is 5.91 Å². The van der Waals surface area contributed by atoms with Crippen LogP contribution in [0.3, 0.4) is 0 Å². The van der Waals surface area contributed by atoms with Crippen molar-refractivity contribution in [1.82, 2.24) is 4.98 Å². The minimum Gasteiger partial charge on any atom is -0.457 e. The van der Waals surface area contributed by atoms with E-state index in [0.29, 0.717) is 11.4 Å². The van der Waals surface area contributed by atoms with Crippen molar-refractivity contribution in [2.45, 2.75) is 13.0 Å². The lowest BCUT2D eigenvalue weighted by atomic mass is 10.1. The largest absolute Gasteiger partial charge is 0.457 e. The Morgan fingerprint density at radius 3 is 2.90 bits per heavy atom. The molecule has 0 aliphatic carbocycles. The Balaban J connectivity index is 1.69. The van der Waals surface area contributed by atoms with Crippen LogP contribution in [0.25, 0.3) is 0 Å². The molecule has 1 N–H and O–H groups in total. The third-order valence-electron chi connectivity index (χ3n) is 3.02. The van der Waals surface area contributed by atoms with E-state index in [-0.39, 0.29) is 18.9 Å². The number of nitrogens with zero attached hydrogens (tertiary/aromatic N) is 1. The number of benzene rings is 1. The number of fused-ring (bicyclic) bond motifs is 1. The maximum Gasteiger partial charge on any atom is 0.340 e. The van der Waals surface area contributed by atoms with Crippen molar-refractivity contribution in [3.05, 3.63) is 59.3 Å². The van der Waals surface area contributed by atoms with Gasteiger partial charge < -0.3 is 10.1 Å². The first-order valence-corrected chi connectivity index (χ1v) is 6.22. The van der Waals surface area contributed by atoms with Crippen LogP contribution in [0.4, 0.5) is 5.82 Å². The number of anilines is 1. The number of ether oxygens (including phenoxy) is 1. The highest BCUT2D eigenvalue weighted by atomic mass is 16.5. The van der Waals surface area contributed by atoms with Gasteiger partial charge in [0.25, 0.3) is 0 Å². The van der Waals surface area contributed by atoms with Crippen molar-refractivity contribution < 1.29 is 14.3 Å². The van der Waals surface area contributed by atoms with Crippen molar-refractivity contribution >= 4 is 17.7 Å². The van der Waals surface area contributed by atoms with Gasteiger partial charge in [-0.1, -0.05) is 30.3 Å². The monoisotopic (exact) mass is 268 g/mol. The molecule has 1 aliphatic rings. The smallest absolute Gasteiger partial charge is 0.340 e. The molecule has 0 unspecified atom stereocenters. The fourth-order valence-corrected chi connectivity index (χ4v) is 2.02. The fourth-order valence-electron chi connectivity index (χ4n) is 2.02. The van der Waals surface area contributed by atoms with E-state index in [0.717, 1.165) is 11.1 Å². The van der Waals surface area contributed by atoms with E-state index >= 15 is 0 Å². The molecular weight excluding hydrogens is 256 g/mol. The summed E-state index contributed by atoms with van der Waals surface area (Å²) in [7, 11) is 0. The highest BCUT2D eigenvalue weighted by Gasteiger charge is 2.20. The number of nitrogens with one attached hydrogen (secondary N) is 1. The summed E-state index contributed by atoms with van der Waals surface area (Å²) < 4.78 is 5.22. The van der Waals surface area contributed by atoms with E-state index in [9.17, 15) is 9.59 Å². The first kappa shape index (κ1) is 12.3. The average Bonchev–Trinajstić information content (AvgIpc) is 2.85. The lowest BCUT2D eigenvalue weighted by molar-refractivity contribution is -0.115. The number of hydrogen-bond acceptors (Lipinski definition) is 4. The van der Waals surface area contributed by atoms with Crippen LogP contribution in [-0.4, -0.2) is 16.9 Å². The van der Waals surface area contributed by atoms with Gasteiger partial charge in [-0.25, -0.2) is 9.78 Å². The van der Waals surface area contributed by atoms with Crippen molar-refractivity contribution in [2.75, 3.05) is 5.32 Å². The number of amides is 1. The highest BCUT2D eigenvalue weighted by molar-refractivity contribution is 5.99. The van der Waals surface area contributed by atoms with Gasteiger partial charge in [0.1, 0.15) is 12.4 Å². The second kappa shape index (κ2) is 5.13. The van der Waals surface area contributed by atoms with Gasteiger partial charge in [-0.05, 0) is 11.6 Å². The van der Waals surface area contributed by atoms with Gasteiger partial charge in [-0.15, -0.1) is 0 Å². The molecule has 0 bridgehead atoms. The molecule has 0 spiro atoms. The highest BCUT2D eigenvalue weighted by Crippen LogP contribution is 2.21. The van der Waals surface area contributed by atoms with Gasteiger partial charge >= 0.3 is 5.97 Å². The zero-order chi connectivity index (χ0) is 13.9. The molecule has 0 saturated heterocycles. The standard InChI is InChI=1S/C15H12N2O3/c18-13-7-11-6-12(8-16-14(11)17-13)15(19)20-9-10-4-2-1-3-5-10/h1-6,8H,7,9H2,(H,16,17,18). The van der Waals surface area contributed by atoms with Crippen molar-refractivity contribution in [2.24, 2.45) is 0 Å². The molecule has 20 heavy (non-hydrogen) atoms. The molecule has 5 heteroatoms. The van der Waals surface area contributed by atoms with Crippen LogP contribution in [0, 0.1) is 0 Å². The zero-order valence-electron chi connectivity index (χ0n) is 10.6. The number of hydrogen-bond donors (Lipinski definition) is 1. The van der Waals surface area contributed by atoms with E-state index in [1.165, 1.54) is 6.20 Å². The number of esters is 1. The summed E-state index contributed by atoms with van der Waals surface area (Å²) >= 11 is 0. The second-order valence-electron chi connectivity index (χ2n) is 4.52. The maximum absolute atomic E-state index is 11.9. The number of aromatic nitrogens is 1. The third kappa shape index (κ3) is 2.51. The number of carbonyl (C=O) groups is 2. The predicted octanol–water partition coefficient (Wildman–Crippen LogP) is 1.93. The minimum atomic E-state index is -0.441. The summed E-state index contributed by atoms with van der Waals surface area (Å²) in [4.78, 5) is 27.2. The van der Waals surface area contributed by atoms with Crippen LogP contribution in [-0.2, 0) is 22.6 Å². The first-order chi connectivity index (χ1) is 9.72. The van der Waals surface area contributed by atoms with Crippen LogP contribution in [0.15, 0.2) is 42.6 Å². The van der Waals surface area contributed by atoms with Crippen molar-refractivity contribution in [3.63, 3.8) is 0 Å². The van der Waals surface area contributed by atoms with Crippen LogP contribution < -0.4 is 5.32 Å². The lowest BCUT2D eigenvalue weighted by Crippen LogP contribution is -2.06. The molecule has 2 heterocycles. The van der Waals surface area contributed by atoms with E-state index in [1.807, 2.05) is 30.3 Å². The molecule has 1 aromatic heterocycles. The molecule has 5 nitrogen and oxygen atoms in total.